The van der Waals surface area contributed by atoms with Crippen LogP contribution in [-0.2, 0) is 4.79 Å². The van der Waals surface area contributed by atoms with E-state index in [2.05, 4.69) is 21.2 Å². The molecule has 0 bridgehead atoms. The van der Waals surface area contributed by atoms with Crippen LogP contribution < -0.4 is 11.1 Å². The third-order valence-electron chi connectivity index (χ3n) is 2.27. The van der Waals surface area contributed by atoms with Gasteiger partial charge in [-0.3, -0.25) is 9.59 Å². The second-order valence-electron chi connectivity index (χ2n) is 3.54. The van der Waals surface area contributed by atoms with E-state index in [4.69, 9.17) is 5.73 Å². The Bertz CT molecular complexity index is 448. The molecule has 0 unspecified atom stereocenters. The lowest BCUT2D eigenvalue weighted by molar-refractivity contribution is -0.121. The number of hydrogen-bond donors (Lipinski definition) is 2. The SMILES string of the molecule is CNC(=O)CN(C)C(=O)c1cccc(N)c1Br. The number of carbonyl (C=O) groups excluding carboxylic acids is 2. The van der Waals surface area contributed by atoms with Crippen LogP contribution in [0, 0.1) is 0 Å². The van der Waals surface area contributed by atoms with Gasteiger partial charge in [0.25, 0.3) is 5.91 Å². The van der Waals surface area contributed by atoms with Gasteiger partial charge in [0.2, 0.25) is 5.91 Å². The Kier molecular flexibility index (Phi) is 4.51. The summed E-state index contributed by atoms with van der Waals surface area (Å²) >= 11 is 3.26. The maximum absolute atomic E-state index is 12.0. The molecule has 0 radical (unpaired) electrons. The number of carbonyl (C=O) groups is 2. The van der Waals surface area contributed by atoms with Crippen molar-refractivity contribution in [3.63, 3.8) is 0 Å². The molecule has 1 rings (SSSR count). The minimum absolute atomic E-state index is 0.0105. The fraction of sp³-hybridized carbons (Fsp3) is 0.273. The van der Waals surface area contributed by atoms with Crippen molar-refractivity contribution < 1.29 is 9.59 Å². The zero-order valence-corrected chi connectivity index (χ0v) is 11.2. The summed E-state index contributed by atoms with van der Waals surface area (Å²) < 4.78 is 0.550. The first-order valence-electron chi connectivity index (χ1n) is 4.97. The summed E-state index contributed by atoms with van der Waals surface area (Å²) in [5, 5.41) is 2.46. The summed E-state index contributed by atoms with van der Waals surface area (Å²) in [6.07, 6.45) is 0. The lowest BCUT2D eigenvalue weighted by Gasteiger charge is -2.17. The van der Waals surface area contributed by atoms with E-state index >= 15 is 0 Å². The number of nitrogens with zero attached hydrogens (tertiary/aromatic N) is 1. The molecule has 0 aliphatic rings. The zero-order chi connectivity index (χ0) is 13.0. The van der Waals surface area contributed by atoms with Crippen molar-refractivity contribution in [1.29, 1.82) is 0 Å². The van der Waals surface area contributed by atoms with Gasteiger partial charge >= 0.3 is 0 Å². The number of halogens is 1. The second kappa shape index (κ2) is 5.67. The Labute approximate surface area is 108 Å². The lowest BCUT2D eigenvalue weighted by atomic mass is 10.2. The van der Waals surface area contributed by atoms with Gasteiger partial charge in [-0.1, -0.05) is 6.07 Å². The molecule has 1 aromatic carbocycles. The molecule has 6 heteroatoms. The highest BCUT2D eigenvalue weighted by Crippen LogP contribution is 2.24. The minimum atomic E-state index is -0.257. The van der Waals surface area contributed by atoms with Crippen LogP contribution in [0.2, 0.25) is 0 Å². The van der Waals surface area contributed by atoms with Crippen molar-refractivity contribution in [2.24, 2.45) is 0 Å². The van der Waals surface area contributed by atoms with Crippen molar-refractivity contribution in [2.45, 2.75) is 0 Å². The normalized spacial score (nSPS) is 9.82. The summed E-state index contributed by atoms with van der Waals surface area (Å²) in [6.45, 7) is 0.0105. The first kappa shape index (κ1) is 13.5. The van der Waals surface area contributed by atoms with Gasteiger partial charge < -0.3 is 16.0 Å². The molecule has 0 heterocycles. The summed E-state index contributed by atoms with van der Waals surface area (Å²) in [6, 6.07) is 5.05. The number of benzene rings is 1. The van der Waals surface area contributed by atoms with Crippen molar-refractivity contribution in [3.8, 4) is 0 Å². The van der Waals surface area contributed by atoms with Gasteiger partial charge in [-0.2, -0.15) is 0 Å². The topological polar surface area (TPSA) is 75.4 Å². The van der Waals surface area contributed by atoms with Crippen LogP contribution >= 0.6 is 15.9 Å². The number of rotatable bonds is 3. The fourth-order valence-corrected chi connectivity index (χ4v) is 1.72. The molecule has 17 heavy (non-hydrogen) atoms. The van der Waals surface area contributed by atoms with Gasteiger partial charge in [-0.15, -0.1) is 0 Å². The third kappa shape index (κ3) is 3.20. The molecule has 0 atom stereocenters. The first-order valence-corrected chi connectivity index (χ1v) is 5.76. The van der Waals surface area contributed by atoms with Gasteiger partial charge in [0, 0.05) is 19.8 Å². The van der Waals surface area contributed by atoms with E-state index in [1.54, 1.807) is 25.2 Å². The number of nitrogens with one attached hydrogen (secondary N) is 1. The van der Waals surface area contributed by atoms with E-state index in [1.165, 1.54) is 11.9 Å². The Morgan fingerprint density at radius 1 is 1.47 bits per heavy atom. The van der Waals surface area contributed by atoms with Gasteiger partial charge in [-0.25, -0.2) is 0 Å². The van der Waals surface area contributed by atoms with Crippen molar-refractivity contribution in [1.82, 2.24) is 10.2 Å². The average Bonchev–Trinajstić information content (AvgIpc) is 2.31. The number of nitrogen functional groups attached to an aromatic ring is 1. The number of anilines is 1. The average molecular weight is 300 g/mol. The number of amides is 2. The molecule has 3 N–H and O–H groups in total. The Morgan fingerprint density at radius 2 is 2.12 bits per heavy atom. The largest absolute Gasteiger partial charge is 0.398 e. The molecule has 0 aliphatic carbocycles. The van der Waals surface area contributed by atoms with Gasteiger partial charge in [-0.05, 0) is 28.1 Å². The van der Waals surface area contributed by atoms with E-state index in [-0.39, 0.29) is 18.4 Å². The molecular weight excluding hydrogens is 286 g/mol. The zero-order valence-electron chi connectivity index (χ0n) is 9.66. The summed E-state index contributed by atoms with van der Waals surface area (Å²) in [4.78, 5) is 24.5. The third-order valence-corrected chi connectivity index (χ3v) is 3.15. The molecule has 0 aliphatic heterocycles. The Hall–Kier alpha value is -1.56. The first-order chi connectivity index (χ1) is 7.97. The second-order valence-corrected chi connectivity index (χ2v) is 4.34. The monoisotopic (exact) mass is 299 g/mol. The van der Waals surface area contributed by atoms with Crippen LogP contribution in [0.25, 0.3) is 0 Å². The number of nitrogens with two attached hydrogens (primary N) is 1. The van der Waals surface area contributed by atoms with E-state index < -0.39 is 0 Å². The molecule has 2 amide bonds. The highest BCUT2D eigenvalue weighted by Gasteiger charge is 2.17. The van der Waals surface area contributed by atoms with Crippen molar-refractivity contribution in [2.75, 3.05) is 26.4 Å². The molecule has 1 aromatic rings. The molecule has 0 spiro atoms. The van der Waals surface area contributed by atoms with Crippen LogP contribution in [0.15, 0.2) is 22.7 Å². The van der Waals surface area contributed by atoms with Gasteiger partial charge in [0.15, 0.2) is 0 Å². The van der Waals surface area contributed by atoms with Crippen LogP contribution in [0.1, 0.15) is 10.4 Å². The summed E-state index contributed by atoms with van der Waals surface area (Å²) in [5.41, 5.74) is 6.62. The smallest absolute Gasteiger partial charge is 0.255 e. The lowest BCUT2D eigenvalue weighted by Crippen LogP contribution is -2.37. The number of hydrogen-bond acceptors (Lipinski definition) is 3. The molecule has 0 fully saturated rings. The predicted octanol–water partition coefficient (Wildman–Crippen LogP) is 0.849. The van der Waals surface area contributed by atoms with E-state index in [0.717, 1.165) is 0 Å². The molecule has 0 aromatic heterocycles. The van der Waals surface area contributed by atoms with E-state index in [9.17, 15) is 9.59 Å². The minimum Gasteiger partial charge on any atom is -0.398 e. The van der Waals surface area contributed by atoms with Crippen molar-refractivity contribution in [3.05, 3.63) is 28.2 Å². The van der Waals surface area contributed by atoms with Gasteiger partial charge in [0.1, 0.15) is 0 Å². The summed E-state index contributed by atoms with van der Waals surface area (Å²) in [5.74, 6) is -0.478. The predicted molar refractivity (Wildman–Crippen MR) is 69.6 cm³/mol. The van der Waals surface area contributed by atoms with E-state index in [1.807, 2.05) is 0 Å². The standard InChI is InChI=1S/C11H14BrN3O2/c1-14-9(16)6-15(2)11(17)7-4-3-5-8(13)10(7)12/h3-5H,6,13H2,1-2H3,(H,14,16). The van der Waals surface area contributed by atoms with Crippen LogP contribution in [-0.4, -0.2) is 37.4 Å². The highest BCUT2D eigenvalue weighted by molar-refractivity contribution is 9.10. The van der Waals surface area contributed by atoms with Crippen LogP contribution in [0.3, 0.4) is 0 Å². The Morgan fingerprint density at radius 3 is 2.71 bits per heavy atom. The molecule has 0 saturated heterocycles. The van der Waals surface area contributed by atoms with Gasteiger partial charge in [0.05, 0.1) is 16.6 Å². The van der Waals surface area contributed by atoms with Crippen LogP contribution in [0.4, 0.5) is 5.69 Å². The summed E-state index contributed by atoms with van der Waals surface area (Å²) in [7, 11) is 3.09. The maximum atomic E-state index is 12.0. The fourth-order valence-electron chi connectivity index (χ4n) is 1.29. The molecule has 92 valence electrons. The number of likely N-dealkylation sites (N-methyl/N-ethyl adjacent to an activating group) is 2. The Balaban J connectivity index is 2.89. The highest BCUT2D eigenvalue weighted by atomic mass is 79.9. The molecular formula is C11H14BrN3O2. The molecule has 0 saturated carbocycles. The quantitative estimate of drug-likeness (QED) is 0.813. The van der Waals surface area contributed by atoms with Crippen molar-refractivity contribution >= 4 is 33.4 Å². The molecule has 5 nitrogen and oxygen atoms in total. The maximum Gasteiger partial charge on any atom is 0.255 e. The van der Waals surface area contributed by atoms with Crippen LogP contribution in [0.5, 0.6) is 0 Å². The van der Waals surface area contributed by atoms with E-state index in [0.29, 0.717) is 15.7 Å².